The van der Waals surface area contributed by atoms with Crippen LogP contribution in [0.4, 0.5) is 10.2 Å². The lowest BCUT2D eigenvalue weighted by Gasteiger charge is -2.43. The molecule has 0 aliphatic heterocycles. The molecule has 2 aliphatic rings. The van der Waals surface area contributed by atoms with Crippen molar-refractivity contribution in [2.24, 2.45) is 11.8 Å². The van der Waals surface area contributed by atoms with Gasteiger partial charge in [0.15, 0.2) is 5.82 Å². The molecular weight excluding hydrogens is 459 g/mol. The van der Waals surface area contributed by atoms with E-state index in [1.54, 1.807) is 6.07 Å². The molecule has 1 aromatic heterocycles. The van der Waals surface area contributed by atoms with Gasteiger partial charge in [0.05, 0.1) is 18.2 Å². The minimum absolute atomic E-state index is 0.0184. The van der Waals surface area contributed by atoms with Gasteiger partial charge in [0.1, 0.15) is 11.9 Å². The van der Waals surface area contributed by atoms with Crippen molar-refractivity contribution in [1.82, 2.24) is 15.3 Å². The molecule has 0 radical (unpaired) electrons. The summed E-state index contributed by atoms with van der Waals surface area (Å²) in [7, 11) is 0. The first-order chi connectivity index (χ1) is 17.5. The number of amides is 1. The second kappa shape index (κ2) is 12.1. The van der Waals surface area contributed by atoms with Gasteiger partial charge >= 0.3 is 5.97 Å². The summed E-state index contributed by atoms with van der Waals surface area (Å²) in [4.78, 5) is 33.7. The van der Waals surface area contributed by atoms with Gasteiger partial charge < -0.3 is 15.4 Å². The number of anilines is 1. The number of ether oxygens (including phenoxy) is 1. The van der Waals surface area contributed by atoms with Crippen molar-refractivity contribution in [2.75, 3.05) is 18.4 Å². The second-order valence-corrected chi connectivity index (χ2v) is 9.73. The number of terminal acetylenes is 1. The van der Waals surface area contributed by atoms with E-state index in [0.717, 1.165) is 25.7 Å². The van der Waals surface area contributed by atoms with E-state index in [1.807, 2.05) is 6.07 Å². The summed E-state index contributed by atoms with van der Waals surface area (Å²) in [5.74, 6) is 2.43. The Bertz CT molecular complexity index is 1080. The number of carbonyl (C=O) groups excluding carboxylic acids is 2. The number of halogens is 1. The Kier molecular flexibility index (Phi) is 8.65. The Balaban J connectivity index is 1.34. The highest BCUT2D eigenvalue weighted by Gasteiger charge is 2.47. The maximum absolute atomic E-state index is 14.1. The standard InChI is InChI=1S/C28H33FN4O3/c1-2-20-16-24(23(20)10-13-30-19-26(34)33-25-18-31-14-15-32-25)36-27(35)28(11-5-3-4-6-12-28)21-8-7-9-22(29)17-21/h1,7-9,14-15,17-18,20,23-24,30H,3-6,10-13,16,19H2,(H,32,33,34). The van der Waals surface area contributed by atoms with Gasteiger partial charge in [-0.2, -0.15) is 0 Å². The summed E-state index contributed by atoms with van der Waals surface area (Å²) in [6.45, 7) is 0.678. The average Bonchev–Trinajstić information content (AvgIpc) is 3.14. The van der Waals surface area contributed by atoms with E-state index < -0.39 is 5.41 Å². The molecular formula is C28H33FN4O3. The number of esters is 1. The summed E-state index contributed by atoms with van der Waals surface area (Å²) in [5.41, 5.74) is -0.115. The molecule has 1 amide bonds. The predicted octanol–water partition coefficient (Wildman–Crippen LogP) is 4.01. The number of nitrogens with one attached hydrogen (secondary N) is 2. The van der Waals surface area contributed by atoms with Crippen LogP contribution in [0, 0.1) is 30.0 Å². The summed E-state index contributed by atoms with van der Waals surface area (Å²) in [6.07, 6.45) is 16.5. The van der Waals surface area contributed by atoms with Crippen LogP contribution in [0.5, 0.6) is 0 Å². The molecule has 1 aromatic carbocycles. The quantitative estimate of drug-likeness (QED) is 0.238. The van der Waals surface area contributed by atoms with Crippen molar-refractivity contribution in [3.05, 3.63) is 54.2 Å². The summed E-state index contributed by atoms with van der Waals surface area (Å²) in [5, 5.41) is 5.80. The third-order valence-electron chi connectivity index (χ3n) is 7.45. The highest BCUT2D eigenvalue weighted by atomic mass is 19.1. The molecule has 1 heterocycles. The minimum Gasteiger partial charge on any atom is -0.461 e. The van der Waals surface area contributed by atoms with Gasteiger partial charge in [-0.3, -0.25) is 14.6 Å². The van der Waals surface area contributed by atoms with E-state index in [2.05, 4.69) is 26.5 Å². The first-order valence-corrected chi connectivity index (χ1v) is 12.7. The van der Waals surface area contributed by atoms with E-state index in [-0.39, 0.29) is 42.2 Å². The normalized spacial score (nSPS) is 22.9. The third kappa shape index (κ3) is 6.08. The van der Waals surface area contributed by atoms with Gasteiger partial charge in [0.25, 0.3) is 0 Å². The molecule has 0 saturated heterocycles. The third-order valence-corrected chi connectivity index (χ3v) is 7.45. The van der Waals surface area contributed by atoms with Crippen LogP contribution in [0.1, 0.15) is 56.9 Å². The lowest BCUT2D eigenvalue weighted by atomic mass is 9.69. The Morgan fingerprint density at radius 1 is 1.19 bits per heavy atom. The molecule has 2 saturated carbocycles. The van der Waals surface area contributed by atoms with Crippen LogP contribution in [0.3, 0.4) is 0 Å². The van der Waals surface area contributed by atoms with E-state index in [4.69, 9.17) is 11.2 Å². The molecule has 7 nitrogen and oxygen atoms in total. The number of rotatable bonds is 9. The van der Waals surface area contributed by atoms with Crippen LogP contribution >= 0.6 is 0 Å². The van der Waals surface area contributed by atoms with E-state index in [1.165, 1.54) is 30.7 Å². The molecule has 0 bridgehead atoms. The van der Waals surface area contributed by atoms with Crippen LogP contribution in [0.2, 0.25) is 0 Å². The summed E-state index contributed by atoms with van der Waals surface area (Å²) < 4.78 is 20.2. The highest BCUT2D eigenvalue weighted by Crippen LogP contribution is 2.44. The summed E-state index contributed by atoms with van der Waals surface area (Å²) in [6, 6.07) is 6.38. The Labute approximate surface area is 211 Å². The number of carbonyl (C=O) groups is 2. The van der Waals surface area contributed by atoms with Gasteiger partial charge in [-0.25, -0.2) is 9.37 Å². The fraction of sp³-hybridized carbons (Fsp3) is 0.500. The molecule has 190 valence electrons. The van der Waals surface area contributed by atoms with Crippen LogP contribution < -0.4 is 10.6 Å². The fourth-order valence-corrected chi connectivity index (χ4v) is 5.38. The average molecular weight is 493 g/mol. The van der Waals surface area contributed by atoms with Crippen molar-refractivity contribution in [3.8, 4) is 12.3 Å². The SMILES string of the molecule is C#CC1CC(OC(=O)C2(c3cccc(F)c3)CCCCCC2)C1CCNCC(=O)Nc1cnccn1. The maximum Gasteiger partial charge on any atom is 0.316 e. The van der Waals surface area contributed by atoms with Gasteiger partial charge in [-0.15, -0.1) is 12.3 Å². The second-order valence-electron chi connectivity index (χ2n) is 9.73. The smallest absolute Gasteiger partial charge is 0.316 e. The Morgan fingerprint density at radius 2 is 2.00 bits per heavy atom. The molecule has 2 fully saturated rings. The Morgan fingerprint density at radius 3 is 2.69 bits per heavy atom. The molecule has 36 heavy (non-hydrogen) atoms. The van der Waals surface area contributed by atoms with Gasteiger partial charge in [-0.1, -0.05) is 37.8 Å². The van der Waals surface area contributed by atoms with Crippen LogP contribution in [0.25, 0.3) is 0 Å². The van der Waals surface area contributed by atoms with Crippen molar-refractivity contribution < 1.29 is 18.7 Å². The number of benzene rings is 1. The molecule has 2 aliphatic carbocycles. The zero-order valence-electron chi connectivity index (χ0n) is 20.4. The zero-order chi connectivity index (χ0) is 25.4. The van der Waals surface area contributed by atoms with Gasteiger partial charge in [0, 0.05) is 24.2 Å². The van der Waals surface area contributed by atoms with Crippen LogP contribution in [-0.2, 0) is 19.7 Å². The number of aromatic nitrogens is 2. The monoisotopic (exact) mass is 492 g/mol. The minimum atomic E-state index is -0.818. The molecule has 2 N–H and O–H groups in total. The highest BCUT2D eigenvalue weighted by molar-refractivity contribution is 5.91. The van der Waals surface area contributed by atoms with Gasteiger partial charge in [0.2, 0.25) is 5.91 Å². The first kappa shape index (κ1) is 25.8. The van der Waals surface area contributed by atoms with Crippen molar-refractivity contribution in [2.45, 2.75) is 62.9 Å². The summed E-state index contributed by atoms with van der Waals surface area (Å²) >= 11 is 0. The van der Waals surface area contributed by atoms with E-state index in [0.29, 0.717) is 43.6 Å². The van der Waals surface area contributed by atoms with Gasteiger partial charge in [-0.05, 0) is 49.9 Å². The topological polar surface area (TPSA) is 93.2 Å². The Hall–Kier alpha value is -3.31. The number of hydrogen-bond acceptors (Lipinski definition) is 6. The molecule has 2 aromatic rings. The van der Waals surface area contributed by atoms with Crippen LogP contribution in [0.15, 0.2) is 42.9 Å². The van der Waals surface area contributed by atoms with Crippen molar-refractivity contribution in [3.63, 3.8) is 0 Å². The molecule has 3 unspecified atom stereocenters. The lowest BCUT2D eigenvalue weighted by Crippen LogP contribution is -2.48. The molecule has 3 atom stereocenters. The molecule has 8 heteroatoms. The zero-order valence-corrected chi connectivity index (χ0v) is 20.4. The van der Waals surface area contributed by atoms with E-state index in [9.17, 15) is 14.0 Å². The van der Waals surface area contributed by atoms with E-state index >= 15 is 0 Å². The first-order valence-electron chi connectivity index (χ1n) is 12.7. The maximum atomic E-state index is 14.1. The largest absolute Gasteiger partial charge is 0.461 e. The molecule has 4 rings (SSSR count). The van der Waals surface area contributed by atoms with Crippen molar-refractivity contribution in [1.29, 1.82) is 0 Å². The molecule has 0 spiro atoms. The predicted molar refractivity (Wildman–Crippen MR) is 134 cm³/mol. The van der Waals surface area contributed by atoms with Crippen molar-refractivity contribution >= 4 is 17.7 Å². The number of hydrogen-bond donors (Lipinski definition) is 2. The fourth-order valence-electron chi connectivity index (χ4n) is 5.38. The van der Waals surface area contributed by atoms with Crippen LogP contribution in [-0.4, -0.2) is 41.0 Å². The lowest BCUT2D eigenvalue weighted by molar-refractivity contribution is -0.169. The number of nitrogens with zero attached hydrogens (tertiary/aromatic N) is 2.